The van der Waals surface area contributed by atoms with Crippen molar-refractivity contribution < 1.29 is 23.9 Å². The zero-order valence-electron chi connectivity index (χ0n) is 15.0. The van der Waals surface area contributed by atoms with Crippen molar-refractivity contribution in [3.05, 3.63) is 74.9 Å². The van der Waals surface area contributed by atoms with Crippen LogP contribution in [0.4, 0.5) is 5.69 Å². The number of rotatable bonds is 5. The zero-order chi connectivity index (χ0) is 19.6. The monoisotopic (exact) mass is 367 g/mol. The summed E-state index contributed by atoms with van der Waals surface area (Å²) >= 11 is 0. The van der Waals surface area contributed by atoms with Gasteiger partial charge in [-0.15, -0.1) is 0 Å². The van der Waals surface area contributed by atoms with Crippen molar-refractivity contribution in [2.24, 2.45) is 0 Å². The van der Waals surface area contributed by atoms with Crippen LogP contribution >= 0.6 is 0 Å². The van der Waals surface area contributed by atoms with Crippen LogP contribution in [0.15, 0.2) is 48.0 Å². The first-order valence-electron chi connectivity index (χ1n) is 8.06. The Morgan fingerprint density at radius 1 is 1.11 bits per heavy atom. The van der Waals surface area contributed by atoms with E-state index in [9.17, 15) is 14.9 Å². The van der Waals surface area contributed by atoms with Crippen LogP contribution in [0.3, 0.4) is 0 Å². The molecule has 0 N–H and O–H groups in total. The first-order valence-corrected chi connectivity index (χ1v) is 8.06. The van der Waals surface area contributed by atoms with Gasteiger partial charge in [-0.3, -0.25) is 10.1 Å². The highest BCUT2D eigenvalue weighted by atomic mass is 16.6. The van der Waals surface area contributed by atoms with E-state index in [0.29, 0.717) is 39.5 Å². The maximum absolute atomic E-state index is 12.2. The minimum Gasteiger partial charge on any atom is -0.497 e. The van der Waals surface area contributed by atoms with E-state index in [2.05, 4.69) is 0 Å². The molecule has 7 heteroatoms. The van der Waals surface area contributed by atoms with Gasteiger partial charge in [0.05, 0.1) is 30.3 Å². The molecule has 2 aromatic carbocycles. The highest BCUT2D eigenvalue weighted by Crippen LogP contribution is 2.35. The van der Waals surface area contributed by atoms with E-state index in [-0.39, 0.29) is 5.69 Å². The number of benzene rings is 2. The molecule has 0 amide bonds. The highest BCUT2D eigenvalue weighted by Gasteiger charge is 2.24. The zero-order valence-corrected chi connectivity index (χ0v) is 15.0. The summed E-state index contributed by atoms with van der Waals surface area (Å²) in [4.78, 5) is 22.9. The summed E-state index contributed by atoms with van der Waals surface area (Å²) in [5.74, 6) is 0.919. The molecule has 7 nitrogen and oxygen atoms in total. The lowest BCUT2D eigenvalue weighted by atomic mass is 10.1. The Morgan fingerprint density at radius 2 is 1.89 bits per heavy atom. The van der Waals surface area contributed by atoms with Gasteiger partial charge in [-0.2, -0.15) is 0 Å². The first kappa shape index (κ1) is 18.2. The fraction of sp³-hybridized carbons (Fsp3) is 0.150. The van der Waals surface area contributed by atoms with E-state index < -0.39 is 10.9 Å². The van der Waals surface area contributed by atoms with E-state index in [1.165, 1.54) is 13.2 Å². The number of cyclic esters (lactones) is 1. The molecule has 138 valence electrons. The van der Waals surface area contributed by atoms with Crippen molar-refractivity contribution in [3.8, 4) is 11.5 Å². The number of nitro groups is 1. The van der Waals surface area contributed by atoms with Crippen LogP contribution in [-0.4, -0.2) is 25.1 Å². The summed E-state index contributed by atoms with van der Waals surface area (Å²) in [5.41, 5.74) is 1.98. The van der Waals surface area contributed by atoms with E-state index in [0.717, 1.165) is 0 Å². The topological polar surface area (TPSA) is 87.9 Å². The second-order valence-electron chi connectivity index (χ2n) is 5.87. The van der Waals surface area contributed by atoms with Crippen molar-refractivity contribution in [3.63, 3.8) is 0 Å². The van der Waals surface area contributed by atoms with Gasteiger partial charge in [0.25, 0.3) is 5.69 Å². The number of carbonyl (C=O) groups excluding carboxylic acids is 1. The molecule has 1 heterocycles. The molecule has 2 aromatic rings. The lowest BCUT2D eigenvalue weighted by molar-refractivity contribution is -0.385. The van der Waals surface area contributed by atoms with Gasteiger partial charge in [0, 0.05) is 17.7 Å². The number of esters is 1. The molecule has 0 radical (unpaired) electrons. The first-order chi connectivity index (χ1) is 12.9. The van der Waals surface area contributed by atoms with Crippen molar-refractivity contribution in [1.82, 2.24) is 0 Å². The molecule has 0 aromatic heterocycles. The van der Waals surface area contributed by atoms with Gasteiger partial charge in [0.2, 0.25) is 0 Å². The minimum absolute atomic E-state index is 0.00302. The van der Waals surface area contributed by atoms with E-state index in [4.69, 9.17) is 14.2 Å². The van der Waals surface area contributed by atoms with Crippen molar-refractivity contribution >= 4 is 23.5 Å². The number of nitro benzene ring substituents is 1. The maximum atomic E-state index is 12.2. The van der Waals surface area contributed by atoms with Gasteiger partial charge in [0.1, 0.15) is 17.3 Å². The molecule has 0 unspecified atom stereocenters. The Hall–Kier alpha value is -3.61. The second kappa shape index (κ2) is 7.33. The summed E-state index contributed by atoms with van der Waals surface area (Å²) in [7, 11) is 3.06. The predicted octanol–water partition coefficient (Wildman–Crippen LogP) is 3.90. The van der Waals surface area contributed by atoms with Gasteiger partial charge >= 0.3 is 5.97 Å². The molecule has 3 rings (SSSR count). The van der Waals surface area contributed by atoms with Crippen LogP contribution in [0.2, 0.25) is 0 Å². The van der Waals surface area contributed by atoms with Crippen molar-refractivity contribution in [1.29, 1.82) is 0 Å². The quantitative estimate of drug-likeness (QED) is 0.345. The molecule has 0 saturated carbocycles. The second-order valence-corrected chi connectivity index (χ2v) is 5.87. The number of hydrogen-bond acceptors (Lipinski definition) is 6. The van der Waals surface area contributed by atoms with Gasteiger partial charge in [-0.1, -0.05) is 12.1 Å². The fourth-order valence-electron chi connectivity index (χ4n) is 2.72. The third-order valence-corrected chi connectivity index (χ3v) is 4.15. The Kier molecular flexibility index (Phi) is 4.94. The molecular formula is C20H17NO6. The summed E-state index contributed by atoms with van der Waals surface area (Å²) in [6.07, 6.45) is 3.14. The minimum atomic E-state index is -0.536. The molecule has 1 aliphatic rings. The summed E-state index contributed by atoms with van der Waals surface area (Å²) in [5, 5.41) is 11.1. The number of hydrogen-bond donors (Lipinski definition) is 0. The van der Waals surface area contributed by atoms with Crippen LogP contribution in [0.5, 0.6) is 11.5 Å². The lowest BCUT2D eigenvalue weighted by Gasteiger charge is -2.10. The SMILES string of the molecule is COc1ccc(C2=C/C(=C\c3ccc(C)c([N+](=O)[O-])c3)C(=O)O2)c(OC)c1. The van der Waals surface area contributed by atoms with Crippen LogP contribution in [0, 0.1) is 17.0 Å². The summed E-state index contributed by atoms with van der Waals surface area (Å²) < 4.78 is 15.8. The molecule has 27 heavy (non-hydrogen) atoms. The molecular weight excluding hydrogens is 350 g/mol. The maximum Gasteiger partial charge on any atom is 0.343 e. The fourth-order valence-corrected chi connectivity index (χ4v) is 2.72. The van der Waals surface area contributed by atoms with Crippen LogP contribution in [0.25, 0.3) is 11.8 Å². The Labute approximate surface area is 155 Å². The lowest BCUT2D eigenvalue weighted by Crippen LogP contribution is -1.99. The molecule has 0 aliphatic carbocycles. The smallest absolute Gasteiger partial charge is 0.343 e. The standard InChI is InChI=1S/C20H17NO6/c1-12-4-5-13(9-17(12)21(23)24)8-14-10-19(27-20(14)22)16-7-6-15(25-2)11-18(16)26-3/h4-11H,1-3H3/b14-8+. The average molecular weight is 367 g/mol. The van der Waals surface area contributed by atoms with E-state index in [1.54, 1.807) is 56.5 Å². The number of aryl methyl sites for hydroxylation is 1. The van der Waals surface area contributed by atoms with Crippen molar-refractivity contribution in [2.75, 3.05) is 14.2 Å². The largest absolute Gasteiger partial charge is 0.497 e. The average Bonchev–Trinajstić information content (AvgIpc) is 3.02. The normalized spacial score (nSPS) is 14.7. The third kappa shape index (κ3) is 3.67. The Morgan fingerprint density at radius 3 is 2.56 bits per heavy atom. The predicted molar refractivity (Wildman–Crippen MR) is 99.4 cm³/mol. The van der Waals surface area contributed by atoms with E-state index >= 15 is 0 Å². The van der Waals surface area contributed by atoms with Crippen LogP contribution < -0.4 is 9.47 Å². The van der Waals surface area contributed by atoms with Gasteiger partial charge in [-0.25, -0.2) is 4.79 Å². The van der Waals surface area contributed by atoms with Gasteiger partial charge in [-0.05, 0) is 36.8 Å². The Balaban J connectivity index is 1.99. The molecule has 0 spiro atoms. The number of ether oxygens (including phenoxy) is 3. The van der Waals surface area contributed by atoms with Gasteiger partial charge < -0.3 is 14.2 Å². The van der Waals surface area contributed by atoms with Crippen molar-refractivity contribution in [2.45, 2.75) is 6.92 Å². The molecule has 0 fully saturated rings. The number of carbonyl (C=O) groups is 1. The highest BCUT2D eigenvalue weighted by molar-refractivity contribution is 6.05. The van der Waals surface area contributed by atoms with E-state index in [1.807, 2.05) is 0 Å². The summed E-state index contributed by atoms with van der Waals surface area (Å²) in [6, 6.07) is 9.93. The van der Waals surface area contributed by atoms with Crippen LogP contribution in [-0.2, 0) is 9.53 Å². The van der Waals surface area contributed by atoms with Gasteiger partial charge in [0.15, 0.2) is 0 Å². The Bertz CT molecular complexity index is 990. The summed E-state index contributed by atoms with van der Waals surface area (Å²) in [6.45, 7) is 1.66. The molecule has 0 atom stereocenters. The molecule has 0 bridgehead atoms. The van der Waals surface area contributed by atoms with Crippen LogP contribution in [0.1, 0.15) is 16.7 Å². The third-order valence-electron chi connectivity index (χ3n) is 4.15. The molecule has 0 saturated heterocycles. The number of methoxy groups -OCH3 is 2. The number of nitrogens with zero attached hydrogens (tertiary/aromatic N) is 1. The molecule has 1 aliphatic heterocycles.